The quantitative estimate of drug-likeness (QED) is 0.679. The Balaban J connectivity index is 1.96. The van der Waals surface area contributed by atoms with Gasteiger partial charge in [-0.25, -0.2) is 8.42 Å². The lowest BCUT2D eigenvalue weighted by Crippen LogP contribution is -2.15. The van der Waals surface area contributed by atoms with E-state index in [4.69, 9.17) is 5.73 Å². The fraction of sp³-hybridized carbons (Fsp3) is 0.105. The van der Waals surface area contributed by atoms with Gasteiger partial charge in [-0.2, -0.15) is 0 Å². The number of nitrogens with two attached hydrogens (primary N) is 1. The van der Waals surface area contributed by atoms with Crippen molar-refractivity contribution in [1.29, 1.82) is 0 Å². The monoisotopic (exact) mass is 386 g/mol. The predicted molar refractivity (Wildman–Crippen MR) is 104 cm³/mol. The number of hydrogen-bond acceptors (Lipinski definition) is 5. The van der Waals surface area contributed by atoms with Gasteiger partial charge in [-0.05, 0) is 34.7 Å². The third-order valence-electron chi connectivity index (χ3n) is 3.81. The van der Waals surface area contributed by atoms with E-state index in [0.29, 0.717) is 10.4 Å². The molecule has 2 aromatic carbocycles. The van der Waals surface area contributed by atoms with Crippen LogP contribution in [0.1, 0.15) is 20.8 Å². The van der Waals surface area contributed by atoms with Gasteiger partial charge in [-0.1, -0.05) is 42.5 Å². The Labute approximate surface area is 156 Å². The van der Waals surface area contributed by atoms with Gasteiger partial charge in [0.05, 0.1) is 21.2 Å². The number of carbonyl (C=O) groups excluding carboxylic acids is 1. The van der Waals surface area contributed by atoms with E-state index < -0.39 is 9.84 Å². The van der Waals surface area contributed by atoms with Crippen LogP contribution in [0.4, 0.5) is 5.69 Å². The van der Waals surface area contributed by atoms with Crippen molar-refractivity contribution in [1.82, 2.24) is 0 Å². The van der Waals surface area contributed by atoms with Gasteiger partial charge in [0.15, 0.2) is 9.84 Å². The molecule has 1 aromatic heterocycles. The molecule has 0 radical (unpaired) electrons. The molecule has 3 N–H and O–H groups in total. The maximum Gasteiger partial charge on any atom is 0.265 e. The average Bonchev–Trinajstić information content (AvgIpc) is 3.17. The standard InChI is InChI=1S/C19H18N2O3S2/c20-12-15-8-9-18(26(23,24)13-14-5-2-1-3-6-14)16(11-15)21-19(22)17-7-4-10-25-17/h1-11H,12-13,20H2,(H,21,22). The third kappa shape index (κ3) is 4.19. The van der Waals surface area contributed by atoms with Crippen LogP contribution in [-0.2, 0) is 22.1 Å². The molecule has 0 saturated heterocycles. The number of sulfone groups is 1. The zero-order valence-electron chi connectivity index (χ0n) is 13.9. The maximum atomic E-state index is 12.9. The number of nitrogens with one attached hydrogen (secondary N) is 1. The van der Waals surface area contributed by atoms with Crippen LogP contribution in [0, 0.1) is 0 Å². The van der Waals surface area contributed by atoms with E-state index in [1.54, 1.807) is 53.9 Å². The average molecular weight is 386 g/mol. The summed E-state index contributed by atoms with van der Waals surface area (Å²) in [6.45, 7) is 0.251. The van der Waals surface area contributed by atoms with Crippen molar-refractivity contribution in [3.05, 3.63) is 82.0 Å². The summed E-state index contributed by atoms with van der Waals surface area (Å²) in [7, 11) is -3.64. The zero-order chi connectivity index (χ0) is 18.6. The topological polar surface area (TPSA) is 89.3 Å². The molecule has 0 spiro atoms. The Morgan fingerprint density at radius 3 is 2.42 bits per heavy atom. The second-order valence-electron chi connectivity index (χ2n) is 5.71. The number of hydrogen-bond donors (Lipinski definition) is 2. The first-order valence-corrected chi connectivity index (χ1v) is 10.5. The van der Waals surface area contributed by atoms with Crippen LogP contribution in [0.3, 0.4) is 0 Å². The van der Waals surface area contributed by atoms with E-state index in [1.165, 1.54) is 17.4 Å². The highest BCUT2D eigenvalue weighted by molar-refractivity contribution is 7.90. The molecule has 5 nitrogen and oxygen atoms in total. The molecular formula is C19H18N2O3S2. The normalized spacial score (nSPS) is 11.3. The Kier molecular flexibility index (Phi) is 5.51. The van der Waals surface area contributed by atoms with Crippen LogP contribution in [0.15, 0.2) is 70.9 Å². The summed E-state index contributed by atoms with van der Waals surface area (Å²) in [5.74, 6) is -0.483. The molecule has 0 fully saturated rings. The van der Waals surface area contributed by atoms with Crippen LogP contribution in [0.2, 0.25) is 0 Å². The summed E-state index contributed by atoms with van der Waals surface area (Å²) >= 11 is 1.29. The Hall–Kier alpha value is -2.48. The highest BCUT2D eigenvalue weighted by atomic mass is 32.2. The fourth-order valence-electron chi connectivity index (χ4n) is 2.54. The van der Waals surface area contributed by atoms with E-state index in [1.807, 2.05) is 6.07 Å². The summed E-state index contributed by atoms with van der Waals surface area (Å²) in [6.07, 6.45) is 0. The fourth-order valence-corrected chi connectivity index (χ4v) is 4.66. The highest BCUT2D eigenvalue weighted by Gasteiger charge is 2.21. The van der Waals surface area contributed by atoms with Crippen LogP contribution in [0.5, 0.6) is 0 Å². The van der Waals surface area contributed by atoms with E-state index >= 15 is 0 Å². The van der Waals surface area contributed by atoms with Crippen molar-refractivity contribution in [2.75, 3.05) is 5.32 Å². The van der Waals surface area contributed by atoms with Crippen molar-refractivity contribution in [3.63, 3.8) is 0 Å². The highest BCUT2D eigenvalue weighted by Crippen LogP contribution is 2.27. The second-order valence-corrected chi connectivity index (χ2v) is 8.62. The molecule has 3 rings (SSSR count). The lowest BCUT2D eigenvalue weighted by atomic mass is 10.2. The van der Waals surface area contributed by atoms with Gasteiger partial charge in [0.1, 0.15) is 0 Å². The minimum absolute atomic E-state index is 0.0865. The molecule has 1 amide bonds. The third-order valence-corrected chi connectivity index (χ3v) is 6.42. The molecule has 1 heterocycles. The van der Waals surface area contributed by atoms with Gasteiger partial charge < -0.3 is 11.1 Å². The van der Waals surface area contributed by atoms with Gasteiger partial charge in [0, 0.05) is 6.54 Å². The van der Waals surface area contributed by atoms with Gasteiger partial charge in [-0.15, -0.1) is 11.3 Å². The van der Waals surface area contributed by atoms with Crippen molar-refractivity contribution in [2.24, 2.45) is 5.73 Å². The largest absolute Gasteiger partial charge is 0.326 e. The number of carbonyl (C=O) groups is 1. The molecule has 0 aliphatic rings. The van der Waals surface area contributed by atoms with Crippen molar-refractivity contribution < 1.29 is 13.2 Å². The summed E-state index contributed by atoms with van der Waals surface area (Å²) in [6, 6.07) is 17.2. The molecule has 0 bridgehead atoms. The van der Waals surface area contributed by atoms with Crippen molar-refractivity contribution in [3.8, 4) is 0 Å². The Morgan fingerprint density at radius 2 is 1.77 bits per heavy atom. The van der Waals surface area contributed by atoms with E-state index in [0.717, 1.165) is 5.56 Å². The van der Waals surface area contributed by atoms with Crippen LogP contribution < -0.4 is 11.1 Å². The Bertz CT molecular complexity index is 999. The minimum atomic E-state index is -3.64. The van der Waals surface area contributed by atoms with Gasteiger partial charge >= 0.3 is 0 Å². The van der Waals surface area contributed by atoms with Gasteiger partial charge in [-0.3, -0.25) is 4.79 Å². The lowest BCUT2D eigenvalue weighted by Gasteiger charge is -2.13. The van der Waals surface area contributed by atoms with Crippen LogP contribution >= 0.6 is 11.3 Å². The van der Waals surface area contributed by atoms with Crippen molar-refractivity contribution in [2.45, 2.75) is 17.2 Å². The number of thiophene rings is 1. The maximum absolute atomic E-state index is 12.9. The molecule has 0 aliphatic carbocycles. The van der Waals surface area contributed by atoms with E-state index in [-0.39, 0.29) is 28.8 Å². The molecular weight excluding hydrogens is 368 g/mol. The molecule has 0 saturated carbocycles. The number of anilines is 1. The van der Waals surface area contributed by atoms with Gasteiger partial charge in [0.25, 0.3) is 5.91 Å². The molecule has 7 heteroatoms. The lowest BCUT2D eigenvalue weighted by molar-refractivity contribution is 0.103. The van der Waals surface area contributed by atoms with Gasteiger partial charge in [0.2, 0.25) is 0 Å². The SMILES string of the molecule is NCc1ccc(S(=O)(=O)Cc2ccccc2)c(NC(=O)c2cccs2)c1. The van der Waals surface area contributed by atoms with E-state index in [9.17, 15) is 13.2 Å². The Morgan fingerprint density at radius 1 is 1.00 bits per heavy atom. The van der Waals surface area contributed by atoms with E-state index in [2.05, 4.69) is 5.32 Å². The predicted octanol–water partition coefficient (Wildman–Crippen LogP) is 3.43. The first-order chi connectivity index (χ1) is 12.5. The number of rotatable bonds is 6. The molecule has 26 heavy (non-hydrogen) atoms. The molecule has 0 unspecified atom stereocenters. The van der Waals surface area contributed by atoms with Crippen LogP contribution in [-0.4, -0.2) is 14.3 Å². The number of amides is 1. The smallest absolute Gasteiger partial charge is 0.265 e. The van der Waals surface area contributed by atoms with Crippen LogP contribution in [0.25, 0.3) is 0 Å². The first kappa shape index (κ1) is 18.3. The molecule has 0 aliphatic heterocycles. The summed E-state index contributed by atoms with van der Waals surface area (Å²) in [4.78, 5) is 13.0. The molecule has 0 atom stereocenters. The molecule has 134 valence electrons. The summed E-state index contributed by atoms with van der Waals surface area (Å²) in [5.41, 5.74) is 7.35. The molecule has 3 aromatic rings. The number of benzene rings is 2. The second kappa shape index (κ2) is 7.82. The summed E-state index contributed by atoms with van der Waals surface area (Å²) in [5, 5.41) is 4.51. The summed E-state index contributed by atoms with van der Waals surface area (Å²) < 4.78 is 25.8. The zero-order valence-corrected chi connectivity index (χ0v) is 15.5. The van der Waals surface area contributed by atoms with Crippen molar-refractivity contribution >= 4 is 32.8 Å². The minimum Gasteiger partial charge on any atom is -0.326 e. The first-order valence-electron chi connectivity index (χ1n) is 7.94.